The molecule has 0 spiro atoms. The molecule has 0 fully saturated rings. The zero-order chi connectivity index (χ0) is 13.4. The number of hydrogen-bond donors (Lipinski definition) is 1. The molecule has 0 aromatic heterocycles. The second-order valence-corrected chi connectivity index (χ2v) is 4.50. The molecule has 1 aromatic rings. The number of benzene rings is 1. The summed E-state index contributed by atoms with van der Waals surface area (Å²) in [6.45, 7) is 7.83. The van der Waals surface area contributed by atoms with Gasteiger partial charge >= 0.3 is 0 Å². The molecule has 0 saturated heterocycles. The minimum atomic E-state index is 0.282. The van der Waals surface area contributed by atoms with Gasteiger partial charge in [0.1, 0.15) is 6.61 Å². The lowest BCUT2D eigenvalue weighted by Gasteiger charge is -2.12. The minimum Gasteiger partial charge on any atom is -0.493 e. The molecule has 4 heteroatoms. The molecule has 3 nitrogen and oxygen atoms in total. The molecular formula is C14H20ClNO2. The van der Waals surface area contributed by atoms with Crippen LogP contribution in [0, 0.1) is 0 Å². The Bertz CT molecular complexity index is 393. The first-order chi connectivity index (χ1) is 8.67. The average Bonchev–Trinajstić information content (AvgIpc) is 2.37. The van der Waals surface area contributed by atoms with Crippen molar-refractivity contribution in [1.82, 2.24) is 5.32 Å². The van der Waals surface area contributed by atoms with Crippen LogP contribution in [0.25, 0.3) is 0 Å². The van der Waals surface area contributed by atoms with E-state index in [2.05, 4.69) is 18.8 Å². The van der Waals surface area contributed by atoms with Crippen molar-refractivity contribution in [3.63, 3.8) is 0 Å². The van der Waals surface area contributed by atoms with Crippen molar-refractivity contribution in [3.05, 3.63) is 35.4 Å². The Morgan fingerprint density at radius 1 is 1.39 bits per heavy atom. The molecule has 0 bridgehead atoms. The highest BCUT2D eigenvalue weighted by Crippen LogP contribution is 2.28. The Morgan fingerprint density at radius 2 is 2.17 bits per heavy atom. The van der Waals surface area contributed by atoms with E-state index < -0.39 is 0 Å². The van der Waals surface area contributed by atoms with E-state index in [0.29, 0.717) is 16.5 Å². The van der Waals surface area contributed by atoms with Crippen LogP contribution in [0.2, 0.25) is 0 Å². The van der Waals surface area contributed by atoms with Crippen molar-refractivity contribution in [2.75, 3.05) is 20.3 Å². The van der Waals surface area contributed by atoms with E-state index in [1.165, 1.54) is 0 Å². The Hall–Kier alpha value is -1.19. The SMILES string of the molecule is C=C(Cl)COc1cc(CNCCC)ccc1OC. The zero-order valence-corrected chi connectivity index (χ0v) is 11.7. The Morgan fingerprint density at radius 3 is 2.78 bits per heavy atom. The third-order valence-corrected chi connectivity index (χ3v) is 2.48. The van der Waals surface area contributed by atoms with Gasteiger partial charge in [-0.25, -0.2) is 0 Å². The molecule has 100 valence electrons. The van der Waals surface area contributed by atoms with Gasteiger partial charge in [-0.05, 0) is 30.7 Å². The van der Waals surface area contributed by atoms with Crippen molar-refractivity contribution in [1.29, 1.82) is 0 Å². The van der Waals surface area contributed by atoms with Gasteiger partial charge in [0.2, 0.25) is 0 Å². The first-order valence-corrected chi connectivity index (χ1v) is 6.39. The molecule has 0 aliphatic rings. The third-order valence-electron chi connectivity index (χ3n) is 2.37. The van der Waals surface area contributed by atoms with Crippen LogP contribution in [0.3, 0.4) is 0 Å². The van der Waals surface area contributed by atoms with E-state index in [1.807, 2.05) is 18.2 Å². The fraction of sp³-hybridized carbons (Fsp3) is 0.429. The molecule has 0 aliphatic heterocycles. The zero-order valence-electron chi connectivity index (χ0n) is 11.0. The number of nitrogens with one attached hydrogen (secondary N) is 1. The number of ether oxygens (including phenoxy) is 2. The van der Waals surface area contributed by atoms with Crippen molar-refractivity contribution >= 4 is 11.6 Å². The summed E-state index contributed by atoms with van der Waals surface area (Å²) in [7, 11) is 1.62. The highest BCUT2D eigenvalue weighted by molar-refractivity contribution is 6.29. The van der Waals surface area contributed by atoms with Gasteiger partial charge in [0.15, 0.2) is 11.5 Å². The molecule has 0 saturated carbocycles. The lowest BCUT2D eigenvalue weighted by Crippen LogP contribution is -2.13. The first-order valence-electron chi connectivity index (χ1n) is 6.01. The highest BCUT2D eigenvalue weighted by Gasteiger charge is 2.06. The third kappa shape index (κ3) is 4.98. The summed E-state index contributed by atoms with van der Waals surface area (Å²) in [5, 5.41) is 3.81. The van der Waals surface area contributed by atoms with Crippen molar-refractivity contribution in [2.24, 2.45) is 0 Å². The molecule has 0 radical (unpaired) electrons. The van der Waals surface area contributed by atoms with E-state index in [-0.39, 0.29) is 6.61 Å². The number of hydrogen-bond acceptors (Lipinski definition) is 3. The van der Waals surface area contributed by atoms with Crippen LogP contribution >= 0.6 is 11.6 Å². The van der Waals surface area contributed by atoms with Crippen LogP contribution in [-0.2, 0) is 6.54 Å². The summed E-state index contributed by atoms with van der Waals surface area (Å²) < 4.78 is 10.8. The number of methoxy groups -OCH3 is 1. The van der Waals surface area contributed by atoms with Crippen LogP contribution in [0.1, 0.15) is 18.9 Å². The van der Waals surface area contributed by atoms with Gasteiger partial charge in [-0.2, -0.15) is 0 Å². The van der Waals surface area contributed by atoms with Gasteiger partial charge in [-0.15, -0.1) is 0 Å². The van der Waals surface area contributed by atoms with E-state index in [0.717, 1.165) is 25.1 Å². The van der Waals surface area contributed by atoms with Crippen molar-refractivity contribution in [2.45, 2.75) is 19.9 Å². The fourth-order valence-corrected chi connectivity index (χ4v) is 1.56. The quantitative estimate of drug-likeness (QED) is 0.735. The Balaban J connectivity index is 2.71. The summed E-state index contributed by atoms with van der Waals surface area (Å²) in [4.78, 5) is 0. The van der Waals surface area contributed by atoms with Gasteiger partial charge in [0.05, 0.1) is 7.11 Å². The molecule has 1 rings (SSSR count). The second-order valence-electron chi connectivity index (χ2n) is 3.97. The lowest BCUT2D eigenvalue weighted by molar-refractivity contribution is 0.323. The second kappa shape index (κ2) is 8.01. The van der Waals surface area contributed by atoms with Crippen molar-refractivity contribution < 1.29 is 9.47 Å². The van der Waals surface area contributed by atoms with E-state index in [9.17, 15) is 0 Å². The summed E-state index contributed by atoms with van der Waals surface area (Å²) >= 11 is 5.69. The average molecular weight is 270 g/mol. The minimum absolute atomic E-state index is 0.282. The van der Waals surface area contributed by atoms with Crippen LogP contribution in [0.4, 0.5) is 0 Å². The van der Waals surface area contributed by atoms with Gasteiger partial charge in [-0.1, -0.05) is 31.2 Å². The monoisotopic (exact) mass is 269 g/mol. The van der Waals surface area contributed by atoms with Crippen LogP contribution in [0.5, 0.6) is 11.5 Å². The largest absolute Gasteiger partial charge is 0.493 e. The summed E-state index contributed by atoms with van der Waals surface area (Å²) in [6, 6.07) is 5.88. The van der Waals surface area contributed by atoms with Crippen LogP contribution < -0.4 is 14.8 Å². The maximum Gasteiger partial charge on any atom is 0.162 e. The van der Waals surface area contributed by atoms with E-state index in [4.69, 9.17) is 21.1 Å². The van der Waals surface area contributed by atoms with Gasteiger partial charge in [0.25, 0.3) is 0 Å². The summed E-state index contributed by atoms with van der Waals surface area (Å²) in [5.41, 5.74) is 1.15. The molecule has 0 atom stereocenters. The van der Waals surface area contributed by atoms with Crippen LogP contribution in [-0.4, -0.2) is 20.3 Å². The molecule has 1 aromatic carbocycles. The molecule has 0 heterocycles. The van der Waals surface area contributed by atoms with E-state index in [1.54, 1.807) is 7.11 Å². The normalized spacial score (nSPS) is 10.2. The Labute approximate surface area is 114 Å². The molecule has 0 amide bonds. The maximum atomic E-state index is 5.69. The molecular weight excluding hydrogens is 250 g/mol. The van der Waals surface area contributed by atoms with Gasteiger partial charge < -0.3 is 14.8 Å². The standard InChI is InChI=1S/C14H20ClNO2/c1-4-7-16-9-12-5-6-13(17-3)14(8-12)18-10-11(2)15/h5-6,8,16H,2,4,7,9-10H2,1,3H3. The molecule has 0 unspecified atom stereocenters. The predicted molar refractivity (Wildman–Crippen MR) is 75.5 cm³/mol. The fourth-order valence-electron chi connectivity index (χ4n) is 1.51. The Kier molecular flexibility index (Phi) is 6.61. The van der Waals surface area contributed by atoms with E-state index >= 15 is 0 Å². The number of halogens is 1. The van der Waals surface area contributed by atoms with Gasteiger partial charge in [0, 0.05) is 11.6 Å². The summed E-state index contributed by atoms with van der Waals surface area (Å²) in [6.07, 6.45) is 1.12. The smallest absolute Gasteiger partial charge is 0.162 e. The van der Waals surface area contributed by atoms with Crippen molar-refractivity contribution in [3.8, 4) is 11.5 Å². The lowest BCUT2D eigenvalue weighted by atomic mass is 10.2. The van der Waals surface area contributed by atoms with Gasteiger partial charge in [-0.3, -0.25) is 0 Å². The summed E-state index contributed by atoms with van der Waals surface area (Å²) in [5.74, 6) is 1.39. The predicted octanol–water partition coefficient (Wildman–Crippen LogP) is 3.33. The molecule has 1 N–H and O–H groups in total. The topological polar surface area (TPSA) is 30.5 Å². The number of rotatable bonds is 8. The maximum absolute atomic E-state index is 5.69. The first kappa shape index (κ1) is 14.9. The highest BCUT2D eigenvalue weighted by atomic mass is 35.5. The molecule has 18 heavy (non-hydrogen) atoms. The van der Waals surface area contributed by atoms with Crippen LogP contribution in [0.15, 0.2) is 29.8 Å². The molecule has 0 aliphatic carbocycles.